The van der Waals surface area contributed by atoms with Gasteiger partial charge in [0.15, 0.2) is 0 Å². The molecule has 0 aliphatic carbocycles. The van der Waals surface area contributed by atoms with Crippen LogP contribution in [0, 0.1) is 32.6 Å². The molecule has 93 heavy (non-hydrogen) atoms. The predicted octanol–water partition coefficient (Wildman–Crippen LogP) is 16.6. The summed E-state index contributed by atoms with van der Waals surface area (Å²) in [6, 6.07) is 39.8. The van der Waals surface area contributed by atoms with E-state index in [0.29, 0.717) is 110 Å². The standard InChI is InChI=1S/C27H34O4.C26H36O6.C24H33NO5/c1-6-20(3)21-7-8-23-16-26(10-9-22(23)15-21)30-11-12-31-27-24(17-28-4)13-19(2)14-25(27)18-29-5;1-6-20(5)26(27)32-24-11-9-23(10-12-24)30-13-14-31-25-21(17-28-7-2)15-19(4)16-22(25)18-29-8-3;1-6-18(3)24(26)25-21-7-9-22(10-8-21)29-11-12-30-23-19(15-27-4)13-17(2)14-20(23)16-28-5/h7-10,13-16,20H,6,11-12,17-18H2,1-5H3;9-12,15-16,20H,6-8,13-14,17-18H2,1-5H3;7-10,13-14,18H,6,11-12,15-16H2,1-5H3,(H,25,26). The number of hydrogen-bond acceptors (Lipinski definition) is 15. The van der Waals surface area contributed by atoms with Gasteiger partial charge >= 0.3 is 5.97 Å². The van der Waals surface area contributed by atoms with Crippen LogP contribution in [0.1, 0.15) is 136 Å². The van der Waals surface area contributed by atoms with E-state index < -0.39 is 0 Å². The summed E-state index contributed by atoms with van der Waals surface area (Å²) in [6.45, 7) is 29.0. The highest BCUT2D eigenvalue weighted by atomic mass is 16.6. The van der Waals surface area contributed by atoms with Gasteiger partial charge in [0.05, 0.1) is 45.6 Å². The molecule has 0 bridgehead atoms. The highest BCUT2D eigenvalue weighted by molar-refractivity contribution is 5.92. The third-order valence-corrected chi connectivity index (χ3v) is 15.3. The Morgan fingerprint density at radius 2 is 0.742 bits per heavy atom. The molecule has 0 radical (unpaired) electrons. The lowest BCUT2D eigenvalue weighted by Crippen LogP contribution is -2.19. The molecule has 7 aromatic carbocycles. The van der Waals surface area contributed by atoms with Crippen LogP contribution in [0.5, 0.6) is 40.2 Å². The van der Waals surface area contributed by atoms with Crippen LogP contribution in [0.4, 0.5) is 5.69 Å². The van der Waals surface area contributed by atoms with Crippen LogP contribution in [0.15, 0.2) is 121 Å². The highest BCUT2D eigenvalue weighted by Crippen LogP contribution is 2.32. The van der Waals surface area contributed by atoms with Crippen molar-refractivity contribution in [2.24, 2.45) is 11.8 Å². The van der Waals surface area contributed by atoms with E-state index in [-0.39, 0.29) is 23.7 Å². The molecule has 16 nitrogen and oxygen atoms in total. The summed E-state index contributed by atoms with van der Waals surface area (Å²) in [5.41, 5.74) is 11.6. The largest absolute Gasteiger partial charge is 0.490 e. The number of esters is 1. The van der Waals surface area contributed by atoms with Gasteiger partial charge in [0.1, 0.15) is 79.9 Å². The van der Waals surface area contributed by atoms with E-state index in [1.54, 1.807) is 52.7 Å². The van der Waals surface area contributed by atoms with E-state index in [1.165, 1.54) is 16.3 Å². The molecule has 0 aliphatic heterocycles. The van der Waals surface area contributed by atoms with Crippen LogP contribution < -0.4 is 38.5 Å². The fourth-order valence-corrected chi connectivity index (χ4v) is 9.89. The molecule has 1 amide bonds. The predicted molar refractivity (Wildman–Crippen MR) is 369 cm³/mol. The van der Waals surface area contributed by atoms with Crippen molar-refractivity contribution < 1.29 is 71.2 Å². The van der Waals surface area contributed by atoms with Crippen molar-refractivity contribution in [3.05, 3.63) is 177 Å². The Morgan fingerprint density at radius 1 is 0.387 bits per heavy atom. The minimum atomic E-state index is -0.224. The fraction of sp³-hybridized carbons (Fsp3) is 0.455. The molecule has 0 saturated heterocycles. The molecule has 7 rings (SSSR count). The summed E-state index contributed by atoms with van der Waals surface area (Å²) in [5, 5.41) is 5.34. The third-order valence-electron chi connectivity index (χ3n) is 15.3. The van der Waals surface area contributed by atoms with Gasteiger partial charge in [-0.2, -0.15) is 0 Å². The number of aryl methyl sites for hydroxylation is 3. The number of carbonyl (C=O) groups excluding carboxylic acids is 2. The van der Waals surface area contributed by atoms with Crippen LogP contribution >= 0.6 is 0 Å². The molecule has 16 heteroatoms. The minimum Gasteiger partial charge on any atom is -0.490 e. The summed E-state index contributed by atoms with van der Waals surface area (Å²) < 4.78 is 73.7. The van der Waals surface area contributed by atoms with Gasteiger partial charge < -0.3 is 66.9 Å². The first-order valence-corrected chi connectivity index (χ1v) is 32.5. The van der Waals surface area contributed by atoms with Gasteiger partial charge in [0.2, 0.25) is 5.91 Å². The third kappa shape index (κ3) is 25.6. The number of fused-ring (bicyclic) bond motifs is 1. The number of methoxy groups -OCH3 is 4. The smallest absolute Gasteiger partial charge is 0.314 e. The fourth-order valence-electron chi connectivity index (χ4n) is 9.89. The Hall–Kier alpha value is -7.70. The Kier molecular flexibility index (Phi) is 34.2. The summed E-state index contributed by atoms with van der Waals surface area (Å²) in [7, 11) is 6.72. The number of nitrogens with one attached hydrogen (secondary N) is 1. The van der Waals surface area contributed by atoms with Gasteiger partial charge in [0.25, 0.3) is 0 Å². The van der Waals surface area contributed by atoms with Crippen molar-refractivity contribution in [2.75, 3.05) is 86.6 Å². The van der Waals surface area contributed by atoms with E-state index in [4.69, 9.17) is 61.6 Å². The second kappa shape index (κ2) is 41.8. The molecule has 0 aromatic heterocycles. The molecule has 3 unspecified atom stereocenters. The molecule has 506 valence electrons. The molecular formula is C77H103NO15. The maximum absolute atomic E-state index is 12.0. The number of benzene rings is 7. The average molecular weight is 1280 g/mol. The van der Waals surface area contributed by atoms with Crippen molar-refractivity contribution in [2.45, 2.75) is 141 Å². The van der Waals surface area contributed by atoms with Gasteiger partial charge in [-0.15, -0.1) is 0 Å². The van der Waals surface area contributed by atoms with Crippen molar-refractivity contribution >= 4 is 28.3 Å². The van der Waals surface area contributed by atoms with Crippen molar-refractivity contribution in [3.8, 4) is 40.2 Å². The zero-order chi connectivity index (χ0) is 67.5. The first kappa shape index (κ1) is 76.0. The average Bonchev–Trinajstić information content (AvgIpc) is 1.26. The molecule has 7 aromatic rings. The van der Waals surface area contributed by atoms with Gasteiger partial charge in [-0.05, 0) is 137 Å². The highest BCUT2D eigenvalue weighted by Gasteiger charge is 2.18. The normalized spacial score (nSPS) is 11.9. The number of rotatable bonds is 37. The number of amides is 1. The Bertz CT molecular complexity index is 3250. The monoisotopic (exact) mass is 1280 g/mol. The summed E-state index contributed by atoms with van der Waals surface area (Å²) in [4.78, 5) is 23.9. The zero-order valence-corrected chi connectivity index (χ0v) is 57.9. The Labute approximate surface area is 553 Å². The van der Waals surface area contributed by atoms with E-state index in [1.807, 2.05) is 78.8 Å². The first-order chi connectivity index (χ1) is 45.0. The van der Waals surface area contributed by atoms with Gasteiger partial charge in [-0.1, -0.05) is 119 Å². The van der Waals surface area contributed by atoms with E-state index in [2.05, 4.69) is 99.7 Å². The lowest BCUT2D eigenvalue weighted by Gasteiger charge is -2.18. The van der Waals surface area contributed by atoms with Crippen molar-refractivity contribution in [1.82, 2.24) is 0 Å². The van der Waals surface area contributed by atoms with Gasteiger partial charge in [0, 0.05) is 86.6 Å². The lowest BCUT2D eigenvalue weighted by molar-refractivity contribution is -0.138. The number of anilines is 1. The zero-order valence-electron chi connectivity index (χ0n) is 57.9. The second-order valence-electron chi connectivity index (χ2n) is 22.9. The van der Waals surface area contributed by atoms with Crippen LogP contribution in [0.25, 0.3) is 10.8 Å². The summed E-state index contributed by atoms with van der Waals surface area (Å²) in [5.74, 6) is 5.43. The number of carbonyl (C=O) groups is 2. The maximum Gasteiger partial charge on any atom is 0.314 e. The number of hydrogen-bond donors (Lipinski definition) is 1. The molecule has 0 spiro atoms. The molecule has 1 N–H and O–H groups in total. The molecule has 0 aliphatic rings. The number of ether oxygens (including phenoxy) is 13. The molecular weight excluding hydrogens is 1180 g/mol. The lowest BCUT2D eigenvalue weighted by atomic mass is 9.96. The van der Waals surface area contributed by atoms with E-state index in [0.717, 1.165) is 104 Å². The first-order valence-electron chi connectivity index (χ1n) is 32.5. The Balaban J connectivity index is 0.000000253. The molecule has 0 heterocycles. The van der Waals surface area contributed by atoms with Crippen LogP contribution in [-0.2, 0) is 77.7 Å². The topological polar surface area (TPSA) is 166 Å². The molecule has 3 atom stereocenters. The maximum atomic E-state index is 12.0. The van der Waals surface area contributed by atoms with Gasteiger partial charge in [-0.25, -0.2) is 0 Å². The van der Waals surface area contributed by atoms with E-state index >= 15 is 0 Å². The summed E-state index contributed by atoms with van der Waals surface area (Å²) in [6.07, 6.45) is 2.71. The van der Waals surface area contributed by atoms with Crippen LogP contribution in [0.3, 0.4) is 0 Å². The van der Waals surface area contributed by atoms with Crippen molar-refractivity contribution in [1.29, 1.82) is 0 Å². The van der Waals surface area contributed by atoms with E-state index in [9.17, 15) is 9.59 Å². The minimum absolute atomic E-state index is 0.00847. The van der Waals surface area contributed by atoms with Crippen LogP contribution in [0.2, 0.25) is 0 Å². The second-order valence-corrected chi connectivity index (χ2v) is 22.9. The molecule has 0 saturated carbocycles. The van der Waals surface area contributed by atoms with Gasteiger partial charge in [-0.3, -0.25) is 9.59 Å². The quantitative estimate of drug-likeness (QED) is 0.0222. The SMILES string of the molecule is CCC(C)C(=O)Nc1ccc(OCCOc2c(COC)cc(C)cc2COC)cc1.CCC(C)c1ccc2cc(OCCOc3c(COC)cc(C)cc3COC)ccc2c1.CCOCc1cc(C)cc(COCC)c1OCCOc1ccc(OC(=O)C(C)CC)cc1. The Morgan fingerprint density at radius 3 is 1.14 bits per heavy atom. The van der Waals surface area contributed by atoms with Crippen molar-refractivity contribution in [3.63, 3.8) is 0 Å². The summed E-state index contributed by atoms with van der Waals surface area (Å²) >= 11 is 0. The molecule has 0 fully saturated rings. The van der Waals surface area contributed by atoms with Crippen LogP contribution in [-0.4, -0.2) is 93.2 Å².